The molecule has 1 amide bonds. The maximum absolute atomic E-state index is 12.7. The molecule has 1 aromatic carbocycles. The van der Waals surface area contributed by atoms with Gasteiger partial charge in [0, 0.05) is 6.54 Å². The van der Waals surface area contributed by atoms with Crippen molar-refractivity contribution in [2.45, 2.75) is 46.3 Å². The first-order chi connectivity index (χ1) is 12.2. The third-order valence-electron chi connectivity index (χ3n) is 3.26. The standard InChI is InChI=1S/C18H30NO6P/c1-13(2)24-26(21,25-14(3)4)12-18(20)19-10-9-15-7-8-16(22-5)17(11-15)23-6/h7-8,11,13-14H,9-10,12H2,1-6H3,(H,19,20). The second-order valence-corrected chi connectivity index (χ2v) is 8.33. The van der Waals surface area contributed by atoms with Crippen LogP contribution in [0, 0.1) is 0 Å². The first-order valence-corrected chi connectivity index (χ1v) is 10.4. The highest BCUT2D eigenvalue weighted by Crippen LogP contribution is 2.50. The van der Waals surface area contributed by atoms with Gasteiger partial charge in [-0.2, -0.15) is 0 Å². The highest BCUT2D eigenvalue weighted by Gasteiger charge is 2.30. The van der Waals surface area contributed by atoms with Crippen molar-refractivity contribution in [3.05, 3.63) is 23.8 Å². The lowest BCUT2D eigenvalue weighted by Crippen LogP contribution is -2.29. The summed E-state index contributed by atoms with van der Waals surface area (Å²) in [6, 6.07) is 5.58. The number of rotatable bonds is 11. The van der Waals surface area contributed by atoms with E-state index in [0.29, 0.717) is 24.5 Å². The summed E-state index contributed by atoms with van der Waals surface area (Å²) in [5.74, 6) is 0.921. The normalized spacial score (nSPS) is 11.7. The van der Waals surface area contributed by atoms with E-state index in [-0.39, 0.29) is 24.3 Å². The fourth-order valence-electron chi connectivity index (χ4n) is 2.36. The molecule has 1 aromatic rings. The van der Waals surface area contributed by atoms with Crippen LogP contribution in [0.5, 0.6) is 11.5 Å². The van der Waals surface area contributed by atoms with Crippen LogP contribution in [0.4, 0.5) is 0 Å². The summed E-state index contributed by atoms with van der Waals surface area (Å²) < 4.78 is 33.9. The number of ether oxygens (including phenoxy) is 2. The third-order valence-corrected chi connectivity index (χ3v) is 5.42. The number of hydrogen-bond acceptors (Lipinski definition) is 6. The Balaban J connectivity index is 2.58. The number of carbonyl (C=O) groups is 1. The average molecular weight is 387 g/mol. The number of amides is 1. The van der Waals surface area contributed by atoms with Gasteiger partial charge in [0.2, 0.25) is 5.91 Å². The highest BCUT2D eigenvalue weighted by molar-refractivity contribution is 7.54. The Morgan fingerprint density at radius 1 is 1.04 bits per heavy atom. The topological polar surface area (TPSA) is 83.1 Å². The lowest BCUT2D eigenvalue weighted by atomic mass is 10.1. The van der Waals surface area contributed by atoms with Crippen LogP contribution in [0.1, 0.15) is 33.3 Å². The highest BCUT2D eigenvalue weighted by atomic mass is 31.2. The summed E-state index contributed by atoms with van der Waals surface area (Å²) >= 11 is 0. The molecular weight excluding hydrogens is 357 g/mol. The minimum atomic E-state index is -3.47. The number of hydrogen-bond donors (Lipinski definition) is 1. The molecule has 0 bridgehead atoms. The van der Waals surface area contributed by atoms with Gasteiger partial charge in [0.1, 0.15) is 6.16 Å². The Morgan fingerprint density at radius 3 is 2.12 bits per heavy atom. The molecule has 7 nitrogen and oxygen atoms in total. The third kappa shape index (κ3) is 7.77. The molecule has 26 heavy (non-hydrogen) atoms. The molecular formula is C18H30NO6P. The van der Waals surface area contributed by atoms with E-state index in [4.69, 9.17) is 18.5 Å². The van der Waals surface area contributed by atoms with Gasteiger partial charge in [-0.1, -0.05) is 6.07 Å². The van der Waals surface area contributed by atoms with Crippen LogP contribution in [0.15, 0.2) is 18.2 Å². The monoisotopic (exact) mass is 387 g/mol. The van der Waals surface area contributed by atoms with Gasteiger partial charge in [-0.25, -0.2) is 0 Å². The van der Waals surface area contributed by atoms with Gasteiger partial charge in [-0.3, -0.25) is 9.36 Å². The van der Waals surface area contributed by atoms with E-state index >= 15 is 0 Å². The van der Waals surface area contributed by atoms with E-state index < -0.39 is 7.60 Å². The second kappa shape index (κ2) is 10.6. The van der Waals surface area contributed by atoms with Crippen molar-refractivity contribution in [3.63, 3.8) is 0 Å². The van der Waals surface area contributed by atoms with Crippen molar-refractivity contribution in [1.29, 1.82) is 0 Å². The fourth-order valence-corrected chi connectivity index (χ4v) is 4.30. The fraction of sp³-hybridized carbons (Fsp3) is 0.611. The molecule has 0 radical (unpaired) electrons. The van der Waals surface area contributed by atoms with Crippen LogP contribution in [-0.2, 0) is 24.8 Å². The van der Waals surface area contributed by atoms with E-state index in [1.54, 1.807) is 41.9 Å². The Morgan fingerprint density at radius 2 is 1.62 bits per heavy atom. The summed E-state index contributed by atoms with van der Waals surface area (Å²) in [6.07, 6.45) is -0.278. The Bertz CT molecular complexity index is 618. The molecule has 0 spiro atoms. The maximum Gasteiger partial charge on any atom is 0.340 e. The minimum Gasteiger partial charge on any atom is -0.493 e. The molecule has 1 rings (SSSR count). The quantitative estimate of drug-likeness (QED) is 0.586. The SMILES string of the molecule is COc1ccc(CCNC(=O)CP(=O)(OC(C)C)OC(C)C)cc1OC. The molecule has 0 heterocycles. The summed E-state index contributed by atoms with van der Waals surface area (Å²) in [5.41, 5.74) is 0.989. The van der Waals surface area contributed by atoms with Crippen molar-refractivity contribution < 1.29 is 27.9 Å². The van der Waals surface area contributed by atoms with Crippen LogP contribution in [0.2, 0.25) is 0 Å². The van der Waals surface area contributed by atoms with Crippen molar-refractivity contribution in [2.75, 3.05) is 26.9 Å². The van der Waals surface area contributed by atoms with Gasteiger partial charge < -0.3 is 23.8 Å². The van der Waals surface area contributed by atoms with E-state index in [9.17, 15) is 9.36 Å². The molecule has 0 fully saturated rings. The predicted molar refractivity (Wildman–Crippen MR) is 101 cm³/mol. The molecule has 0 unspecified atom stereocenters. The zero-order chi connectivity index (χ0) is 19.7. The minimum absolute atomic E-state index is 0.292. The first kappa shape index (κ1) is 22.5. The molecule has 0 atom stereocenters. The predicted octanol–water partition coefficient (Wildman–Crippen LogP) is 3.41. The van der Waals surface area contributed by atoms with Gasteiger partial charge in [-0.05, 0) is 51.8 Å². The maximum atomic E-state index is 12.7. The Kier molecular flexibility index (Phi) is 9.13. The molecule has 0 saturated carbocycles. The molecule has 148 valence electrons. The smallest absolute Gasteiger partial charge is 0.340 e. The molecule has 1 N–H and O–H groups in total. The molecule has 0 aliphatic rings. The van der Waals surface area contributed by atoms with Crippen LogP contribution in [0.25, 0.3) is 0 Å². The van der Waals surface area contributed by atoms with Crippen LogP contribution in [-0.4, -0.2) is 45.0 Å². The molecule has 0 saturated heterocycles. The molecule has 8 heteroatoms. The summed E-state index contributed by atoms with van der Waals surface area (Å²) in [5, 5.41) is 2.76. The number of carbonyl (C=O) groups excluding carboxylic acids is 1. The first-order valence-electron chi connectivity index (χ1n) is 8.62. The molecule has 0 aromatic heterocycles. The van der Waals surface area contributed by atoms with Gasteiger partial charge >= 0.3 is 7.60 Å². The van der Waals surface area contributed by atoms with E-state index in [1.807, 2.05) is 18.2 Å². The van der Waals surface area contributed by atoms with Crippen molar-refractivity contribution in [3.8, 4) is 11.5 Å². The Labute approximate surface area is 155 Å². The van der Waals surface area contributed by atoms with Gasteiger partial charge in [-0.15, -0.1) is 0 Å². The van der Waals surface area contributed by atoms with E-state index in [0.717, 1.165) is 5.56 Å². The lowest BCUT2D eigenvalue weighted by Gasteiger charge is -2.22. The largest absolute Gasteiger partial charge is 0.493 e. The van der Waals surface area contributed by atoms with Crippen LogP contribution in [0.3, 0.4) is 0 Å². The zero-order valence-corrected chi connectivity index (χ0v) is 17.3. The summed E-state index contributed by atoms with van der Waals surface area (Å²) in [4.78, 5) is 12.1. The lowest BCUT2D eigenvalue weighted by molar-refractivity contribution is -0.118. The number of methoxy groups -OCH3 is 2. The number of benzene rings is 1. The van der Waals surface area contributed by atoms with Gasteiger partial charge in [0.15, 0.2) is 11.5 Å². The Hall–Kier alpha value is -1.56. The zero-order valence-electron chi connectivity index (χ0n) is 16.4. The second-order valence-electron chi connectivity index (χ2n) is 6.37. The van der Waals surface area contributed by atoms with Gasteiger partial charge in [0.05, 0.1) is 26.4 Å². The molecule has 0 aliphatic heterocycles. The average Bonchev–Trinajstić information content (AvgIpc) is 2.52. The van der Waals surface area contributed by atoms with Crippen molar-refractivity contribution in [2.24, 2.45) is 0 Å². The van der Waals surface area contributed by atoms with Crippen molar-refractivity contribution in [1.82, 2.24) is 5.32 Å². The van der Waals surface area contributed by atoms with E-state index in [2.05, 4.69) is 5.32 Å². The van der Waals surface area contributed by atoms with Crippen LogP contribution < -0.4 is 14.8 Å². The molecule has 0 aliphatic carbocycles. The van der Waals surface area contributed by atoms with Crippen molar-refractivity contribution >= 4 is 13.5 Å². The van der Waals surface area contributed by atoms with Gasteiger partial charge in [0.25, 0.3) is 0 Å². The van der Waals surface area contributed by atoms with Crippen LogP contribution >= 0.6 is 7.60 Å². The summed E-state index contributed by atoms with van der Waals surface area (Å²) in [6.45, 7) is 7.42. The van der Waals surface area contributed by atoms with E-state index in [1.165, 1.54) is 0 Å². The number of nitrogens with one attached hydrogen (secondary N) is 1. The summed E-state index contributed by atoms with van der Waals surface area (Å²) in [7, 11) is -0.320.